The molecule has 0 bridgehead atoms. The Hall–Kier alpha value is -0.780. The van der Waals surface area contributed by atoms with Crippen LogP contribution in [0.5, 0.6) is 0 Å². The monoisotopic (exact) mass is 306 g/mol. The van der Waals surface area contributed by atoms with E-state index in [1.54, 1.807) is 0 Å². The summed E-state index contributed by atoms with van der Waals surface area (Å²) >= 11 is 0. The molecule has 6 heteroatoms. The Bertz CT molecular complexity index is 359. The maximum absolute atomic E-state index is 12.7. The van der Waals surface area contributed by atoms with Crippen LogP contribution in [0.4, 0.5) is 13.2 Å². The second-order valence-corrected chi connectivity index (χ2v) is 6.58. The number of hydrogen-bond acceptors (Lipinski definition) is 2. The van der Waals surface area contributed by atoms with Gasteiger partial charge in [0.1, 0.15) is 0 Å². The van der Waals surface area contributed by atoms with Gasteiger partial charge in [-0.3, -0.25) is 4.79 Å². The summed E-state index contributed by atoms with van der Waals surface area (Å²) in [5.74, 6) is -1.22. The zero-order valence-corrected chi connectivity index (χ0v) is 12.3. The minimum atomic E-state index is -4.14. The van der Waals surface area contributed by atoms with E-state index in [1.807, 2.05) is 0 Å². The fourth-order valence-corrected chi connectivity index (χ4v) is 3.63. The molecule has 2 saturated carbocycles. The highest BCUT2D eigenvalue weighted by Crippen LogP contribution is 2.37. The number of carbonyl (C=O) groups is 1. The third-order valence-corrected chi connectivity index (χ3v) is 4.92. The van der Waals surface area contributed by atoms with Gasteiger partial charge in [0.2, 0.25) is 5.91 Å². The van der Waals surface area contributed by atoms with Crippen molar-refractivity contribution in [3.8, 4) is 0 Å². The molecule has 0 aliphatic heterocycles. The van der Waals surface area contributed by atoms with Crippen LogP contribution in [0.3, 0.4) is 0 Å². The van der Waals surface area contributed by atoms with E-state index in [9.17, 15) is 18.0 Å². The highest BCUT2D eigenvalue weighted by atomic mass is 19.4. The zero-order valence-electron chi connectivity index (χ0n) is 12.3. The molecule has 4 unspecified atom stereocenters. The van der Waals surface area contributed by atoms with Crippen molar-refractivity contribution in [2.45, 2.75) is 76.0 Å². The van der Waals surface area contributed by atoms with Gasteiger partial charge in [0.15, 0.2) is 0 Å². The lowest BCUT2D eigenvalue weighted by Gasteiger charge is -2.32. The summed E-state index contributed by atoms with van der Waals surface area (Å²) in [6, 6.07) is -0.281. The molecule has 0 radical (unpaired) electrons. The van der Waals surface area contributed by atoms with Crippen LogP contribution < -0.4 is 11.1 Å². The van der Waals surface area contributed by atoms with Gasteiger partial charge in [-0.15, -0.1) is 0 Å². The lowest BCUT2D eigenvalue weighted by molar-refractivity contribution is -0.184. The van der Waals surface area contributed by atoms with Crippen LogP contribution in [0, 0.1) is 11.8 Å². The predicted octanol–water partition coefficient (Wildman–Crippen LogP) is 3.13. The van der Waals surface area contributed by atoms with E-state index >= 15 is 0 Å². The first-order valence-corrected chi connectivity index (χ1v) is 7.98. The average Bonchev–Trinajstić information content (AvgIpc) is 2.41. The van der Waals surface area contributed by atoms with E-state index in [-0.39, 0.29) is 36.8 Å². The summed E-state index contributed by atoms with van der Waals surface area (Å²) in [6.07, 6.45) is 1.67. The van der Waals surface area contributed by atoms with Crippen molar-refractivity contribution < 1.29 is 18.0 Å². The summed E-state index contributed by atoms with van der Waals surface area (Å²) in [5, 5.41) is 2.79. The van der Waals surface area contributed by atoms with Crippen molar-refractivity contribution in [1.29, 1.82) is 0 Å². The lowest BCUT2D eigenvalue weighted by Crippen LogP contribution is -2.43. The van der Waals surface area contributed by atoms with Gasteiger partial charge >= 0.3 is 6.18 Å². The van der Waals surface area contributed by atoms with Crippen LogP contribution in [-0.4, -0.2) is 24.2 Å². The first kappa shape index (κ1) is 16.6. The van der Waals surface area contributed by atoms with Crippen molar-refractivity contribution in [3.05, 3.63) is 0 Å². The molecule has 0 spiro atoms. The predicted molar refractivity (Wildman–Crippen MR) is 74.5 cm³/mol. The van der Waals surface area contributed by atoms with Gasteiger partial charge in [-0.2, -0.15) is 13.2 Å². The maximum Gasteiger partial charge on any atom is 0.391 e. The fraction of sp³-hybridized carbons (Fsp3) is 0.933. The smallest absolute Gasteiger partial charge is 0.353 e. The van der Waals surface area contributed by atoms with Gasteiger partial charge in [-0.05, 0) is 38.0 Å². The SMILES string of the molecule is NC1CCCCC1CC(=O)NC1CCCC(C(F)(F)F)C1. The molecule has 0 aromatic carbocycles. The Kier molecular flexibility index (Phi) is 5.52. The summed E-state index contributed by atoms with van der Waals surface area (Å²) in [4.78, 5) is 12.0. The quantitative estimate of drug-likeness (QED) is 0.841. The molecule has 0 saturated heterocycles. The van der Waals surface area contributed by atoms with E-state index in [1.165, 1.54) is 0 Å². The van der Waals surface area contributed by atoms with Crippen molar-refractivity contribution >= 4 is 5.91 Å². The molecule has 1 amide bonds. The summed E-state index contributed by atoms with van der Waals surface area (Å²) in [7, 11) is 0. The number of carbonyl (C=O) groups excluding carboxylic acids is 1. The number of rotatable bonds is 3. The summed E-state index contributed by atoms with van der Waals surface area (Å²) in [6.45, 7) is 0. The third-order valence-electron chi connectivity index (χ3n) is 4.92. The summed E-state index contributed by atoms with van der Waals surface area (Å²) < 4.78 is 38.2. The second kappa shape index (κ2) is 6.99. The van der Waals surface area contributed by atoms with Crippen LogP contribution in [0.1, 0.15) is 57.8 Å². The molecule has 2 rings (SSSR count). The Morgan fingerprint density at radius 1 is 1.10 bits per heavy atom. The van der Waals surface area contributed by atoms with Gasteiger partial charge < -0.3 is 11.1 Å². The number of alkyl halides is 3. The Morgan fingerprint density at radius 2 is 1.81 bits per heavy atom. The number of halogens is 3. The van der Waals surface area contributed by atoms with E-state index in [4.69, 9.17) is 5.73 Å². The van der Waals surface area contributed by atoms with Crippen molar-refractivity contribution in [2.24, 2.45) is 17.6 Å². The lowest BCUT2D eigenvalue weighted by atomic mass is 9.82. The molecule has 4 atom stereocenters. The molecule has 21 heavy (non-hydrogen) atoms. The minimum Gasteiger partial charge on any atom is -0.353 e. The first-order chi connectivity index (χ1) is 9.86. The van der Waals surface area contributed by atoms with Gasteiger partial charge in [0.25, 0.3) is 0 Å². The van der Waals surface area contributed by atoms with Crippen LogP contribution in [0.2, 0.25) is 0 Å². The number of amides is 1. The first-order valence-electron chi connectivity index (χ1n) is 7.98. The van der Waals surface area contributed by atoms with Gasteiger partial charge in [-0.25, -0.2) is 0 Å². The van der Waals surface area contributed by atoms with E-state index in [0.29, 0.717) is 19.3 Å². The minimum absolute atomic E-state index is 0.0198. The highest BCUT2D eigenvalue weighted by Gasteiger charge is 2.42. The van der Waals surface area contributed by atoms with Crippen LogP contribution in [0.25, 0.3) is 0 Å². The number of hydrogen-bond donors (Lipinski definition) is 2. The van der Waals surface area contributed by atoms with Crippen molar-refractivity contribution in [2.75, 3.05) is 0 Å². The van der Waals surface area contributed by atoms with Crippen LogP contribution in [-0.2, 0) is 4.79 Å². The number of nitrogens with two attached hydrogens (primary N) is 1. The molecule has 0 heterocycles. The molecular formula is C15H25F3N2O. The highest BCUT2D eigenvalue weighted by molar-refractivity contribution is 5.76. The Labute approximate surface area is 123 Å². The van der Waals surface area contributed by atoms with Gasteiger partial charge in [-0.1, -0.05) is 19.3 Å². The molecule has 3 nitrogen and oxygen atoms in total. The molecule has 0 aromatic heterocycles. The molecule has 122 valence electrons. The average molecular weight is 306 g/mol. The third kappa shape index (κ3) is 4.87. The largest absolute Gasteiger partial charge is 0.391 e. The second-order valence-electron chi connectivity index (χ2n) is 6.58. The zero-order chi connectivity index (χ0) is 15.5. The standard InChI is InChI=1S/C15H25F3N2O/c16-15(17,18)11-5-3-6-12(9-11)20-14(21)8-10-4-1-2-7-13(10)19/h10-13H,1-9,19H2,(H,20,21). The molecular weight excluding hydrogens is 281 g/mol. The Morgan fingerprint density at radius 3 is 2.48 bits per heavy atom. The van der Waals surface area contributed by atoms with Crippen LogP contribution in [0.15, 0.2) is 0 Å². The summed E-state index contributed by atoms with van der Waals surface area (Å²) in [5.41, 5.74) is 6.01. The topological polar surface area (TPSA) is 55.1 Å². The molecule has 2 aliphatic rings. The molecule has 2 fully saturated rings. The van der Waals surface area contributed by atoms with Crippen LogP contribution >= 0.6 is 0 Å². The molecule has 3 N–H and O–H groups in total. The maximum atomic E-state index is 12.7. The normalized spacial score (nSPS) is 34.5. The Balaban J connectivity index is 1.79. The number of nitrogens with one attached hydrogen (secondary N) is 1. The van der Waals surface area contributed by atoms with Crippen molar-refractivity contribution in [3.63, 3.8) is 0 Å². The fourth-order valence-electron chi connectivity index (χ4n) is 3.63. The van der Waals surface area contributed by atoms with E-state index in [0.717, 1.165) is 25.7 Å². The van der Waals surface area contributed by atoms with E-state index < -0.39 is 12.1 Å². The molecule has 0 aromatic rings. The van der Waals surface area contributed by atoms with E-state index in [2.05, 4.69) is 5.32 Å². The van der Waals surface area contributed by atoms with Gasteiger partial charge in [0, 0.05) is 18.5 Å². The van der Waals surface area contributed by atoms with Gasteiger partial charge in [0.05, 0.1) is 5.92 Å². The molecule has 2 aliphatic carbocycles. The van der Waals surface area contributed by atoms with Crippen molar-refractivity contribution in [1.82, 2.24) is 5.32 Å².